The summed E-state index contributed by atoms with van der Waals surface area (Å²) in [6.45, 7) is 3.54. The number of halogens is 1. The molecule has 1 heterocycles. The number of methoxy groups -OCH3 is 1. The Kier molecular flexibility index (Phi) is 3.84. The van der Waals surface area contributed by atoms with Gasteiger partial charge in [-0.15, -0.1) is 0 Å². The fraction of sp³-hybridized carbons (Fsp3) is 0.538. The molecule has 2 rings (SSSR count). The normalized spacial score (nSPS) is 20.1. The van der Waals surface area contributed by atoms with E-state index in [0.717, 1.165) is 25.9 Å². The van der Waals surface area contributed by atoms with Crippen molar-refractivity contribution in [2.45, 2.75) is 25.9 Å². The van der Waals surface area contributed by atoms with Crippen molar-refractivity contribution in [3.8, 4) is 11.5 Å². The molecular formula is C13H18FNO2. The van der Waals surface area contributed by atoms with E-state index in [4.69, 9.17) is 9.47 Å². The molecule has 1 aromatic carbocycles. The fourth-order valence-electron chi connectivity index (χ4n) is 1.99. The van der Waals surface area contributed by atoms with Gasteiger partial charge in [0.2, 0.25) is 0 Å². The number of piperidine rings is 1. The maximum Gasteiger partial charge on any atom is 0.164 e. The van der Waals surface area contributed by atoms with Crippen molar-refractivity contribution in [1.29, 1.82) is 0 Å². The molecule has 0 amide bonds. The summed E-state index contributed by atoms with van der Waals surface area (Å²) >= 11 is 0. The molecule has 1 N–H and O–H groups in total. The molecule has 1 saturated heterocycles. The van der Waals surface area contributed by atoms with Crippen LogP contribution in [0.5, 0.6) is 11.5 Å². The molecule has 1 fully saturated rings. The zero-order valence-electron chi connectivity index (χ0n) is 10.3. The van der Waals surface area contributed by atoms with Gasteiger partial charge >= 0.3 is 0 Å². The highest BCUT2D eigenvalue weighted by Crippen LogP contribution is 2.31. The lowest BCUT2D eigenvalue weighted by molar-refractivity contribution is 0.160. The smallest absolute Gasteiger partial charge is 0.164 e. The van der Waals surface area contributed by atoms with E-state index in [2.05, 4.69) is 5.32 Å². The maximum absolute atomic E-state index is 13.5. The van der Waals surface area contributed by atoms with E-state index in [-0.39, 0.29) is 11.9 Å². The number of rotatable bonds is 3. The summed E-state index contributed by atoms with van der Waals surface area (Å²) in [5.41, 5.74) is 0.566. The largest absolute Gasteiger partial charge is 0.493 e. The van der Waals surface area contributed by atoms with Crippen LogP contribution in [0, 0.1) is 12.7 Å². The number of benzene rings is 1. The van der Waals surface area contributed by atoms with Crippen LogP contribution < -0.4 is 14.8 Å². The molecule has 1 unspecified atom stereocenters. The van der Waals surface area contributed by atoms with E-state index in [1.54, 1.807) is 20.1 Å². The predicted octanol–water partition coefficient (Wildman–Crippen LogP) is 2.27. The molecule has 0 bridgehead atoms. The zero-order valence-corrected chi connectivity index (χ0v) is 10.3. The maximum atomic E-state index is 13.5. The second kappa shape index (κ2) is 5.36. The van der Waals surface area contributed by atoms with Crippen LogP contribution in [0.25, 0.3) is 0 Å². The van der Waals surface area contributed by atoms with Gasteiger partial charge in [-0.05, 0) is 37.9 Å². The Morgan fingerprint density at radius 3 is 2.82 bits per heavy atom. The van der Waals surface area contributed by atoms with Crippen LogP contribution >= 0.6 is 0 Å². The van der Waals surface area contributed by atoms with Gasteiger partial charge in [0.05, 0.1) is 7.11 Å². The molecule has 0 aliphatic carbocycles. The third-order valence-corrected chi connectivity index (χ3v) is 2.99. The number of hydrogen-bond acceptors (Lipinski definition) is 3. The molecule has 1 aliphatic heterocycles. The molecule has 3 nitrogen and oxygen atoms in total. The summed E-state index contributed by atoms with van der Waals surface area (Å²) in [6.07, 6.45) is 2.17. The van der Waals surface area contributed by atoms with E-state index in [0.29, 0.717) is 17.1 Å². The minimum absolute atomic E-state index is 0.0970. The summed E-state index contributed by atoms with van der Waals surface area (Å²) in [5.74, 6) is 0.823. The Labute approximate surface area is 101 Å². The second-order valence-electron chi connectivity index (χ2n) is 4.34. The second-order valence-corrected chi connectivity index (χ2v) is 4.34. The predicted molar refractivity (Wildman–Crippen MR) is 64.2 cm³/mol. The average Bonchev–Trinajstić information content (AvgIpc) is 2.35. The highest BCUT2D eigenvalue weighted by molar-refractivity contribution is 5.43. The standard InChI is InChI=1S/C13H18FNO2/c1-9-6-12(16-2)13(7-11(9)14)17-10-4-3-5-15-8-10/h6-7,10,15H,3-5,8H2,1-2H3. The summed E-state index contributed by atoms with van der Waals surface area (Å²) < 4.78 is 24.5. The lowest BCUT2D eigenvalue weighted by atomic mass is 10.1. The Morgan fingerprint density at radius 1 is 1.35 bits per heavy atom. The average molecular weight is 239 g/mol. The quantitative estimate of drug-likeness (QED) is 0.877. The van der Waals surface area contributed by atoms with Crippen molar-refractivity contribution in [3.63, 3.8) is 0 Å². The SMILES string of the molecule is COc1cc(C)c(F)cc1OC1CCCNC1. The van der Waals surface area contributed by atoms with Crippen molar-refractivity contribution >= 4 is 0 Å². The third-order valence-electron chi connectivity index (χ3n) is 2.99. The first kappa shape index (κ1) is 12.2. The molecule has 94 valence electrons. The minimum Gasteiger partial charge on any atom is -0.493 e. The van der Waals surface area contributed by atoms with Crippen molar-refractivity contribution < 1.29 is 13.9 Å². The monoisotopic (exact) mass is 239 g/mol. The topological polar surface area (TPSA) is 30.5 Å². The van der Waals surface area contributed by atoms with E-state index in [1.165, 1.54) is 6.07 Å². The van der Waals surface area contributed by atoms with Gasteiger partial charge in [0.15, 0.2) is 11.5 Å². The summed E-state index contributed by atoms with van der Waals surface area (Å²) in [5, 5.41) is 3.26. The summed E-state index contributed by atoms with van der Waals surface area (Å²) in [7, 11) is 1.57. The lowest BCUT2D eigenvalue weighted by Gasteiger charge is -2.25. The van der Waals surface area contributed by atoms with Gasteiger partial charge in [0.1, 0.15) is 11.9 Å². The lowest BCUT2D eigenvalue weighted by Crippen LogP contribution is -2.37. The Bertz CT molecular complexity index is 389. The molecule has 0 spiro atoms. The van der Waals surface area contributed by atoms with Crippen LogP contribution in [0.15, 0.2) is 12.1 Å². The molecule has 0 radical (unpaired) electrons. The number of hydrogen-bond donors (Lipinski definition) is 1. The summed E-state index contributed by atoms with van der Waals surface area (Å²) in [6, 6.07) is 3.07. The molecule has 0 saturated carbocycles. The van der Waals surface area contributed by atoms with Crippen LogP contribution in [-0.2, 0) is 0 Å². The van der Waals surface area contributed by atoms with Crippen molar-refractivity contribution in [2.24, 2.45) is 0 Å². The first-order chi connectivity index (χ1) is 8.20. The van der Waals surface area contributed by atoms with Crippen LogP contribution in [0.1, 0.15) is 18.4 Å². The first-order valence-electron chi connectivity index (χ1n) is 5.92. The molecular weight excluding hydrogens is 221 g/mol. The van der Waals surface area contributed by atoms with E-state index in [9.17, 15) is 4.39 Å². The molecule has 1 aromatic rings. The highest BCUT2D eigenvalue weighted by atomic mass is 19.1. The molecule has 1 aliphatic rings. The van der Waals surface area contributed by atoms with Crippen LogP contribution in [0.2, 0.25) is 0 Å². The van der Waals surface area contributed by atoms with E-state index in [1.807, 2.05) is 0 Å². The number of ether oxygens (including phenoxy) is 2. The van der Waals surface area contributed by atoms with Crippen LogP contribution in [0.4, 0.5) is 4.39 Å². The van der Waals surface area contributed by atoms with Gasteiger partial charge < -0.3 is 14.8 Å². The molecule has 1 atom stereocenters. The van der Waals surface area contributed by atoms with Crippen LogP contribution in [-0.4, -0.2) is 26.3 Å². The van der Waals surface area contributed by atoms with Crippen molar-refractivity contribution in [2.75, 3.05) is 20.2 Å². The highest BCUT2D eigenvalue weighted by Gasteiger charge is 2.17. The van der Waals surface area contributed by atoms with Gasteiger partial charge in [-0.2, -0.15) is 0 Å². The van der Waals surface area contributed by atoms with Gasteiger partial charge in [-0.1, -0.05) is 0 Å². The van der Waals surface area contributed by atoms with E-state index >= 15 is 0 Å². The van der Waals surface area contributed by atoms with Gasteiger partial charge in [-0.25, -0.2) is 4.39 Å². The Hall–Kier alpha value is -1.29. The molecule has 17 heavy (non-hydrogen) atoms. The van der Waals surface area contributed by atoms with Crippen LogP contribution in [0.3, 0.4) is 0 Å². The summed E-state index contributed by atoms with van der Waals surface area (Å²) in [4.78, 5) is 0. The number of nitrogens with one attached hydrogen (secondary N) is 1. The molecule has 4 heteroatoms. The minimum atomic E-state index is -0.260. The Balaban J connectivity index is 2.15. The molecule has 0 aromatic heterocycles. The third kappa shape index (κ3) is 2.88. The van der Waals surface area contributed by atoms with E-state index < -0.39 is 0 Å². The van der Waals surface area contributed by atoms with Crippen molar-refractivity contribution in [1.82, 2.24) is 5.32 Å². The zero-order chi connectivity index (χ0) is 12.3. The van der Waals surface area contributed by atoms with Gasteiger partial charge in [-0.3, -0.25) is 0 Å². The van der Waals surface area contributed by atoms with Crippen molar-refractivity contribution in [3.05, 3.63) is 23.5 Å². The fourth-order valence-corrected chi connectivity index (χ4v) is 1.99. The number of aryl methyl sites for hydroxylation is 1. The van der Waals surface area contributed by atoms with Gasteiger partial charge in [0.25, 0.3) is 0 Å². The van der Waals surface area contributed by atoms with Gasteiger partial charge in [0, 0.05) is 12.6 Å². The first-order valence-corrected chi connectivity index (χ1v) is 5.92. The Morgan fingerprint density at radius 2 is 2.18 bits per heavy atom.